The molecule has 0 spiro atoms. The van der Waals surface area contributed by atoms with Crippen LogP contribution in [0.4, 0.5) is 10.1 Å². The van der Waals surface area contributed by atoms with Crippen LogP contribution in [0.15, 0.2) is 70.1 Å². The number of aromatic nitrogens is 2. The first-order valence-corrected chi connectivity index (χ1v) is 8.17. The van der Waals surface area contributed by atoms with Gasteiger partial charge in [0.25, 0.3) is 11.5 Å². The van der Waals surface area contributed by atoms with E-state index in [0.29, 0.717) is 28.1 Å². The Balaban J connectivity index is 1.79. The Morgan fingerprint density at radius 2 is 1.93 bits per heavy atom. The molecule has 2 aromatic carbocycles. The van der Waals surface area contributed by atoms with Gasteiger partial charge in [0.2, 0.25) is 0 Å². The summed E-state index contributed by atoms with van der Waals surface area (Å²) in [5.74, 6) is -0.160. The first-order chi connectivity index (χ1) is 13.0. The number of furan rings is 1. The van der Waals surface area contributed by atoms with Gasteiger partial charge in [0, 0.05) is 5.69 Å². The van der Waals surface area contributed by atoms with Crippen molar-refractivity contribution in [1.82, 2.24) is 9.55 Å². The van der Waals surface area contributed by atoms with Gasteiger partial charge in [0.05, 0.1) is 22.9 Å². The fourth-order valence-corrected chi connectivity index (χ4v) is 2.87. The van der Waals surface area contributed by atoms with Crippen LogP contribution in [0.25, 0.3) is 16.6 Å². The van der Waals surface area contributed by atoms with Gasteiger partial charge in [0.15, 0.2) is 5.76 Å². The van der Waals surface area contributed by atoms with E-state index in [-0.39, 0.29) is 17.1 Å². The molecule has 0 aliphatic carbocycles. The van der Waals surface area contributed by atoms with Crippen molar-refractivity contribution in [2.45, 2.75) is 6.92 Å². The number of halogens is 1. The number of carbonyl (C=O) groups excluding carboxylic acids is 1. The molecule has 0 aliphatic rings. The van der Waals surface area contributed by atoms with Gasteiger partial charge in [-0.25, -0.2) is 9.37 Å². The molecule has 0 saturated carbocycles. The third-order valence-corrected chi connectivity index (χ3v) is 4.12. The second-order valence-corrected chi connectivity index (χ2v) is 5.94. The van der Waals surface area contributed by atoms with Gasteiger partial charge in [0.1, 0.15) is 11.6 Å². The summed E-state index contributed by atoms with van der Waals surface area (Å²) < 4.78 is 19.7. The van der Waals surface area contributed by atoms with Gasteiger partial charge < -0.3 is 9.73 Å². The zero-order chi connectivity index (χ0) is 19.0. The standard InChI is InChI=1S/C20H14FN3O3/c1-12-22-17-9-6-14(23-19(25)18-3-2-10-27-18)11-16(17)20(26)24(12)15-7-4-13(21)5-8-15/h2-11H,1H3,(H,23,25). The fraction of sp³-hybridized carbons (Fsp3) is 0.0500. The molecular formula is C20H14FN3O3. The Labute approximate surface area is 152 Å². The van der Waals surface area contributed by atoms with Crippen molar-refractivity contribution in [3.8, 4) is 5.69 Å². The van der Waals surface area contributed by atoms with Crippen LogP contribution in [0.2, 0.25) is 0 Å². The molecule has 1 N–H and O–H groups in total. The van der Waals surface area contributed by atoms with Gasteiger partial charge in [-0.3, -0.25) is 14.2 Å². The van der Waals surface area contributed by atoms with Crippen LogP contribution in [0.5, 0.6) is 0 Å². The summed E-state index contributed by atoms with van der Waals surface area (Å²) >= 11 is 0. The summed E-state index contributed by atoms with van der Waals surface area (Å²) in [6.45, 7) is 1.71. The van der Waals surface area contributed by atoms with E-state index in [1.807, 2.05) is 0 Å². The Morgan fingerprint density at radius 1 is 1.15 bits per heavy atom. The van der Waals surface area contributed by atoms with Crippen LogP contribution in [0.1, 0.15) is 16.4 Å². The Morgan fingerprint density at radius 3 is 2.63 bits per heavy atom. The molecule has 134 valence electrons. The van der Waals surface area contributed by atoms with Crippen LogP contribution in [0, 0.1) is 12.7 Å². The molecule has 0 unspecified atom stereocenters. The van der Waals surface area contributed by atoms with E-state index >= 15 is 0 Å². The van der Waals surface area contributed by atoms with E-state index < -0.39 is 5.91 Å². The van der Waals surface area contributed by atoms with E-state index in [0.717, 1.165) is 0 Å². The van der Waals surface area contributed by atoms with E-state index in [1.165, 1.54) is 35.1 Å². The van der Waals surface area contributed by atoms with Crippen molar-refractivity contribution in [2.75, 3.05) is 5.32 Å². The second-order valence-electron chi connectivity index (χ2n) is 5.94. The largest absolute Gasteiger partial charge is 0.459 e. The minimum absolute atomic E-state index is 0.167. The number of rotatable bonds is 3. The normalized spacial score (nSPS) is 10.9. The van der Waals surface area contributed by atoms with Crippen LogP contribution in [0.3, 0.4) is 0 Å². The van der Waals surface area contributed by atoms with Crippen molar-refractivity contribution >= 4 is 22.5 Å². The number of fused-ring (bicyclic) bond motifs is 1. The molecule has 27 heavy (non-hydrogen) atoms. The van der Waals surface area contributed by atoms with Gasteiger partial charge in [-0.1, -0.05) is 0 Å². The molecule has 1 amide bonds. The van der Waals surface area contributed by atoms with Crippen LogP contribution < -0.4 is 10.9 Å². The lowest BCUT2D eigenvalue weighted by Crippen LogP contribution is -2.22. The quantitative estimate of drug-likeness (QED) is 0.602. The van der Waals surface area contributed by atoms with E-state index in [9.17, 15) is 14.0 Å². The average molecular weight is 363 g/mol. The van der Waals surface area contributed by atoms with E-state index in [4.69, 9.17) is 4.42 Å². The highest BCUT2D eigenvalue weighted by atomic mass is 19.1. The van der Waals surface area contributed by atoms with Gasteiger partial charge >= 0.3 is 0 Å². The topological polar surface area (TPSA) is 77.1 Å². The summed E-state index contributed by atoms with van der Waals surface area (Å²) in [6.07, 6.45) is 1.41. The van der Waals surface area contributed by atoms with E-state index in [1.54, 1.807) is 37.3 Å². The Kier molecular flexibility index (Phi) is 4.04. The highest BCUT2D eigenvalue weighted by molar-refractivity contribution is 6.03. The zero-order valence-electron chi connectivity index (χ0n) is 14.3. The first kappa shape index (κ1) is 16.7. The number of carbonyl (C=O) groups is 1. The number of anilines is 1. The second kappa shape index (κ2) is 6.53. The molecule has 7 heteroatoms. The maximum atomic E-state index is 13.2. The number of nitrogens with one attached hydrogen (secondary N) is 1. The van der Waals surface area contributed by atoms with Crippen molar-refractivity contribution in [1.29, 1.82) is 0 Å². The molecule has 0 aliphatic heterocycles. The third kappa shape index (κ3) is 3.10. The molecule has 0 radical (unpaired) electrons. The lowest BCUT2D eigenvalue weighted by atomic mass is 10.2. The summed E-state index contributed by atoms with van der Waals surface area (Å²) in [7, 11) is 0. The highest BCUT2D eigenvalue weighted by Crippen LogP contribution is 2.18. The van der Waals surface area contributed by atoms with Crippen LogP contribution in [-0.4, -0.2) is 15.5 Å². The number of aryl methyl sites for hydroxylation is 1. The zero-order valence-corrected chi connectivity index (χ0v) is 14.3. The number of amides is 1. The number of hydrogen-bond donors (Lipinski definition) is 1. The number of nitrogens with zero attached hydrogens (tertiary/aromatic N) is 2. The molecule has 0 bridgehead atoms. The van der Waals surface area contributed by atoms with E-state index in [2.05, 4.69) is 10.3 Å². The van der Waals surface area contributed by atoms with Crippen LogP contribution in [-0.2, 0) is 0 Å². The fourth-order valence-electron chi connectivity index (χ4n) is 2.87. The molecule has 2 aromatic heterocycles. The summed E-state index contributed by atoms with van der Waals surface area (Å²) in [5, 5.41) is 3.02. The van der Waals surface area contributed by atoms with Crippen molar-refractivity contribution < 1.29 is 13.6 Å². The monoisotopic (exact) mass is 363 g/mol. The SMILES string of the molecule is Cc1nc2ccc(NC(=O)c3ccco3)cc2c(=O)n1-c1ccc(F)cc1. The molecule has 0 fully saturated rings. The molecule has 0 saturated heterocycles. The minimum atomic E-state index is -0.418. The molecule has 6 nitrogen and oxygen atoms in total. The summed E-state index contributed by atoms with van der Waals surface area (Å²) in [5.41, 5.74) is 1.15. The van der Waals surface area contributed by atoms with Gasteiger partial charge in [-0.2, -0.15) is 0 Å². The van der Waals surface area contributed by atoms with Crippen molar-refractivity contribution in [3.63, 3.8) is 0 Å². The maximum Gasteiger partial charge on any atom is 0.291 e. The minimum Gasteiger partial charge on any atom is -0.459 e. The Hall–Kier alpha value is -3.74. The molecule has 0 atom stereocenters. The van der Waals surface area contributed by atoms with Gasteiger partial charge in [-0.15, -0.1) is 0 Å². The summed E-state index contributed by atoms with van der Waals surface area (Å²) in [4.78, 5) is 29.6. The third-order valence-electron chi connectivity index (χ3n) is 4.12. The lowest BCUT2D eigenvalue weighted by molar-refractivity contribution is 0.0996. The first-order valence-electron chi connectivity index (χ1n) is 8.17. The molecule has 4 rings (SSSR count). The Bertz CT molecular complexity index is 1200. The number of hydrogen-bond acceptors (Lipinski definition) is 4. The molecule has 4 aromatic rings. The smallest absolute Gasteiger partial charge is 0.291 e. The average Bonchev–Trinajstić information content (AvgIpc) is 3.19. The number of benzene rings is 2. The van der Waals surface area contributed by atoms with Crippen molar-refractivity contribution in [3.05, 3.63) is 88.6 Å². The summed E-state index contributed by atoms with van der Waals surface area (Å²) in [6, 6.07) is 13.6. The molecule has 2 heterocycles. The van der Waals surface area contributed by atoms with Crippen molar-refractivity contribution in [2.24, 2.45) is 0 Å². The van der Waals surface area contributed by atoms with Gasteiger partial charge in [-0.05, 0) is 61.5 Å². The molecular weight excluding hydrogens is 349 g/mol. The predicted molar refractivity (Wildman–Crippen MR) is 98.7 cm³/mol. The highest BCUT2D eigenvalue weighted by Gasteiger charge is 2.13. The predicted octanol–water partition coefficient (Wildman–Crippen LogP) is 3.68. The maximum absolute atomic E-state index is 13.2. The van der Waals surface area contributed by atoms with Crippen LogP contribution >= 0.6 is 0 Å². The lowest BCUT2D eigenvalue weighted by Gasteiger charge is -2.12.